The Hall–Kier alpha value is -1.57. The van der Waals surface area contributed by atoms with E-state index < -0.39 is 10.0 Å². The van der Waals surface area contributed by atoms with E-state index in [4.69, 9.17) is 5.73 Å². The zero-order chi connectivity index (χ0) is 15.6. The third-order valence-electron chi connectivity index (χ3n) is 3.05. The van der Waals surface area contributed by atoms with Crippen LogP contribution in [0.2, 0.25) is 0 Å². The summed E-state index contributed by atoms with van der Waals surface area (Å²) in [6.07, 6.45) is 0. The van der Waals surface area contributed by atoms with Crippen LogP contribution in [0.1, 0.15) is 5.56 Å². The molecular formula is C14H16BrN3O2S. The molecule has 2 aromatic carbocycles. The van der Waals surface area contributed by atoms with Crippen molar-refractivity contribution in [3.8, 4) is 0 Å². The van der Waals surface area contributed by atoms with Crippen molar-refractivity contribution in [3.05, 3.63) is 46.4 Å². The van der Waals surface area contributed by atoms with Gasteiger partial charge in [0, 0.05) is 10.2 Å². The van der Waals surface area contributed by atoms with Crippen LogP contribution >= 0.6 is 15.9 Å². The first-order valence-electron chi connectivity index (χ1n) is 6.20. The van der Waals surface area contributed by atoms with Crippen LogP contribution in [0.4, 0.5) is 17.1 Å². The SMILES string of the molecule is CNS(=O)(=O)c1ccc(Nc2ccc(C)c(Br)c2)c(N)c1. The first-order chi connectivity index (χ1) is 9.83. The Morgan fingerprint density at radius 3 is 2.43 bits per heavy atom. The van der Waals surface area contributed by atoms with E-state index in [0.29, 0.717) is 11.4 Å². The molecule has 0 atom stereocenters. The van der Waals surface area contributed by atoms with E-state index >= 15 is 0 Å². The minimum atomic E-state index is -3.49. The maximum atomic E-state index is 11.7. The molecule has 0 spiro atoms. The lowest BCUT2D eigenvalue weighted by Gasteiger charge is -2.12. The molecule has 0 aliphatic heterocycles. The van der Waals surface area contributed by atoms with E-state index in [1.54, 1.807) is 6.07 Å². The lowest BCUT2D eigenvalue weighted by molar-refractivity contribution is 0.588. The summed E-state index contributed by atoms with van der Waals surface area (Å²) in [5.41, 5.74) is 8.93. The average molecular weight is 370 g/mol. The van der Waals surface area contributed by atoms with Crippen molar-refractivity contribution in [2.75, 3.05) is 18.1 Å². The Labute approximate surface area is 132 Å². The van der Waals surface area contributed by atoms with Gasteiger partial charge in [-0.1, -0.05) is 22.0 Å². The molecule has 0 unspecified atom stereocenters. The standard InChI is InChI=1S/C14H16BrN3O2S/c1-9-3-4-10(7-12(9)15)18-14-6-5-11(8-13(14)16)21(19,20)17-2/h3-8,17-18H,16H2,1-2H3. The second-order valence-electron chi connectivity index (χ2n) is 4.55. The summed E-state index contributed by atoms with van der Waals surface area (Å²) in [5.74, 6) is 0. The van der Waals surface area contributed by atoms with Crippen molar-refractivity contribution in [2.45, 2.75) is 11.8 Å². The quantitative estimate of drug-likeness (QED) is 0.723. The predicted molar refractivity (Wildman–Crippen MR) is 89.3 cm³/mol. The summed E-state index contributed by atoms with van der Waals surface area (Å²) in [7, 11) is -2.13. The van der Waals surface area contributed by atoms with Gasteiger partial charge >= 0.3 is 0 Å². The number of nitrogens with one attached hydrogen (secondary N) is 2. The lowest BCUT2D eigenvalue weighted by Crippen LogP contribution is -2.18. The van der Waals surface area contributed by atoms with Gasteiger partial charge in [0.25, 0.3) is 0 Å². The Morgan fingerprint density at radius 2 is 1.86 bits per heavy atom. The van der Waals surface area contributed by atoms with E-state index in [1.807, 2.05) is 25.1 Å². The molecule has 0 bridgehead atoms. The Bertz CT molecular complexity index is 776. The summed E-state index contributed by atoms with van der Waals surface area (Å²) in [6, 6.07) is 10.4. The van der Waals surface area contributed by atoms with E-state index in [1.165, 1.54) is 19.2 Å². The maximum Gasteiger partial charge on any atom is 0.240 e. The topological polar surface area (TPSA) is 84.2 Å². The second-order valence-corrected chi connectivity index (χ2v) is 7.29. The molecule has 0 heterocycles. The van der Waals surface area contributed by atoms with Crippen molar-refractivity contribution < 1.29 is 8.42 Å². The molecule has 0 saturated heterocycles. The molecule has 0 aliphatic rings. The number of nitrogens with two attached hydrogens (primary N) is 1. The zero-order valence-electron chi connectivity index (χ0n) is 11.6. The summed E-state index contributed by atoms with van der Waals surface area (Å²) in [5, 5.41) is 3.17. The molecule has 0 saturated carbocycles. The molecule has 5 nitrogen and oxygen atoms in total. The largest absolute Gasteiger partial charge is 0.397 e. The fraction of sp³-hybridized carbons (Fsp3) is 0.143. The highest BCUT2D eigenvalue weighted by atomic mass is 79.9. The van der Waals surface area contributed by atoms with Crippen molar-refractivity contribution >= 4 is 43.0 Å². The predicted octanol–water partition coefficient (Wildman–Crippen LogP) is 2.99. The number of sulfonamides is 1. The molecule has 4 N–H and O–H groups in total. The molecule has 0 radical (unpaired) electrons. The molecule has 21 heavy (non-hydrogen) atoms. The number of benzene rings is 2. The van der Waals surface area contributed by atoms with Gasteiger partial charge < -0.3 is 11.1 Å². The van der Waals surface area contributed by atoms with Gasteiger partial charge in [-0.15, -0.1) is 0 Å². The van der Waals surface area contributed by atoms with Gasteiger partial charge in [0.05, 0.1) is 16.3 Å². The highest BCUT2D eigenvalue weighted by Crippen LogP contribution is 2.28. The number of hydrogen-bond acceptors (Lipinski definition) is 4. The van der Waals surface area contributed by atoms with Gasteiger partial charge in [0.1, 0.15) is 0 Å². The van der Waals surface area contributed by atoms with Gasteiger partial charge in [-0.2, -0.15) is 0 Å². The monoisotopic (exact) mass is 369 g/mol. The minimum absolute atomic E-state index is 0.137. The normalized spacial score (nSPS) is 11.4. The molecule has 0 fully saturated rings. The van der Waals surface area contributed by atoms with Gasteiger partial charge in [-0.3, -0.25) is 0 Å². The highest BCUT2D eigenvalue weighted by Gasteiger charge is 2.13. The molecule has 112 valence electrons. The second kappa shape index (κ2) is 6.05. The summed E-state index contributed by atoms with van der Waals surface area (Å²) in [6.45, 7) is 2.00. The summed E-state index contributed by atoms with van der Waals surface area (Å²) in [4.78, 5) is 0.137. The Balaban J connectivity index is 2.31. The van der Waals surface area contributed by atoms with Crippen molar-refractivity contribution in [1.82, 2.24) is 4.72 Å². The van der Waals surface area contributed by atoms with E-state index in [2.05, 4.69) is 26.0 Å². The van der Waals surface area contributed by atoms with Crippen molar-refractivity contribution in [2.24, 2.45) is 0 Å². The number of aryl methyl sites for hydroxylation is 1. The number of nitrogen functional groups attached to an aromatic ring is 1. The van der Waals surface area contributed by atoms with Gasteiger partial charge in [-0.05, 0) is 49.9 Å². The van der Waals surface area contributed by atoms with E-state index in [9.17, 15) is 8.42 Å². The van der Waals surface area contributed by atoms with E-state index in [0.717, 1.165) is 15.7 Å². The molecule has 0 aliphatic carbocycles. The summed E-state index contributed by atoms with van der Waals surface area (Å²) >= 11 is 3.47. The van der Waals surface area contributed by atoms with Crippen LogP contribution < -0.4 is 15.8 Å². The smallest absolute Gasteiger partial charge is 0.240 e. The summed E-state index contributed by atoms with van der Waals surface area (Å²) < 4.78 is 26.7. The van der Waals surface area contributed by atoms with Crippen LogP contribution in [0, 0.1) is 6.92 Å². The van der Waals surface area contributed by atoms with Crippen LogP contribution in [0.3, 0.4) is 0 Å². The molecule has 2 rings (SSSR count). The molecule has 2 aromatic rings. The number of rotatable bonds is 4. The minimum Gasteiger partial charge on any atom is -0.397 e. The van der Waals surface area contributed by atoms with E-state index in [-0.39, 0.29) is 4.90 Å². The zero-order valence-corrected chi connectivity index (χ0v) is 14.0. The number of anilines is 3. The third-order valence-corrected chi connectivity index (χ3v) is 5.32. The molecule has 7 heteroatoms. The van der Waals surface area contributed by atoms with Crippen molar-refractivity contribution in [1.29, 1.82) is 0 Å². The first kappa shape index (κ1) is 15.8. The highest BCUT2D eigenvalue weighted by molar-refractivity contribution is 9.10. The van der Waals surface area contributed by atoms with Gasteiger partial charge in [-0.25, -0.2) is 13.1 Å². The lowest BCUT2D eigenvalue weighted by atomic mass is 10.2. The fourth-order valence-electron chi connectivity index (χ4n) is 1.77. The van der Waals surface area contributed by atoms with Gasteiger partial charge in [0.15, 0.2) is 0 Å². The first-order valence-corrected chi connectivity index (χ1v) is 8.47. The van der Waals surface area contributed by atoms with Crippen LogP contribution in [0.5, 0.6) is 0 Å². The molecule has 0 aromatic heterocycles. The molecule has 0 amide bonds. The Kier molecular flexibility index (Phi) is 4.55. The number of halogens is 1. The number of hydrogen-bond donors (Lipinski definition) is 3. The van der Waals surface area contributed by atoms with Crippen LogP contribution in [0.15, 0.2) is 45.8 Å². The Morgan fingerprint density at radius 1 is 1.14 bits per heavy atom. The van der Waals surface area contributed by atoms with Gasteiger partial charge in [0.2, 0.25) is 10.0 Å². The van der Waals surface area contributed by atoms with Crippen LogP contribution in [-0.2, 0) is 10.0 Å². The molecular weight excluding hydrogens is 354 g/mol. The van der Waals surface area contributed by atoms with Crippen molar-refractivity contribution in [3.63, 3.8) is 0 Å². The fourth-order valence-corrected chi connectivity index (χ4v) is 2.91. The maximum absolute atomic E-state index is 11.7. The average Bonchev–Trinajstić information content (AvgIpc) is 2.45. The van der Waals surface area contributed by atoms with Crippen LogP contribution in [0.25, 0.3) is 0 Å². The van der Waals surface area contributed by atoms with Crippen LogP contribution in [-0.4, -0.2) is 15.5 Å². The third kappa shape index (κ3) is 3.55.